The quantitative estimate of drug-likeness (QED) is 0.579. The molecule has 2 aromatic rings. The van der Waals surface area contributed by atoms with Gasteiger partial charge in [0, 0.05) is 36.7 Å². The fraction of sp³-hybridized carbons (Fsp3) is 0.375. The van der Waals surface area contributed by atoms with E-state index in [9.17, 15) is 14.0 Å². The Kier molecular flexibility index (Phi) is 7.77. The van der Waals surface area contributed by atoms with E-state index in [1.54, 1.807) is 24.3 Å². The van der Waals surface area contributed by atoms with E-state index in [0.29, 0.717) is 61.0 Å². The molecule has 1 amide bonds. The third-order valence-corrected chi connectivity index (χ3v) is 5.94. The van der Waals surface area contributed by atoms with Gasteiger partial charge in [-0.2, -0.15) is 0 Å². The van der Waals surface area contributed by atoms with Gasteiger partial charge in [0.05, 0.1) is 30.8 Å². The number of nitrogens with one attached hydrogen (secondary N) is 2. The SMILES string of the molecule is CCOc1ccc(C(=O)NC[C@@H]2CNCCO[C@H]2c2ccc(Cl)c(F)c2)cc1C1=NOC(=O)C1. The van der Waals surface area contributed by atoms with Crippen molar-refractivity contribution in [1.29, 1.82) is 0 Å². The molecule has 180 valence electrons. The van der Waals surface area contributed by atoms with Gasteiger partial charge < -0.3 is 24.9 Å². The molecule has 0 aliphatic carbocycles. The molecule has 2 aliphatic heterocycles. The van der Waals surface area contributed by atoms with E-state index >= 15 is 0 Å². The molecule has 0 bridgehead atoms. The van der Waals surface area contributed by atoms with Gasteiger partial charge in [0.15, 0.2) is 0 Å². The third kappa shape index (κ3) is 5.55. The second-order valence-corrected chi connectivity index (χ2v) is 8.37. The zero-order chi connectivity index (χ0) is 24.1. The molecular formula is C24H25ClFN3O5. The fourth-order valence-corrected chi connectivity index (χ4v) is 4.10. The van der Waals surface area contributed by atoms with Crippen LogP contribution < -0.4 is 15.4 Å². The average Bonchev–Trinajstić information content (AvgIpc) is 3.12. The second kappa shape index (κ2) is 10.9. The minimum atomic E-state index is -0.512. The number of rotatable bonds is 7. The number of hydrogen-bond acceptors (Lipinski definition) is 7. The van der Waals surface area contributed by atoms with E-state index in [-0.39, 0.29) is 23.3 Å². The molecule has 2 aromatic carbocycles. The van der Waals surface area contributed by atoms with Gasteiger partial charge in [0.1, 0.15) is 17.3 Å². The number of ether oxygens (including phenoxy) is 2. The summed E-state index contributed by atoms with van der Waals surface area (Å²) < 4.78 is 25.7. The standard InChI is InChI=1S/C24H25ClFN3O5/c1-2-32-21-6-4-15(9-17(21)20-11-22(30)34-29-20)24(31)28-13-16-12-27-7-8-33-23(16)14-3-5-18(25)19(26)10-14/h3-6,9-10,16,23,27H,2,7-8,11-13H2,1H3,(H,28,31)/t16-,23-/m0/s1. The number of carbonyl (C=O) groups excluding carboxylic acids is 2. The van der Waals surface area contributed by atoms with Crippen LogP contribution in [-0.4, -0.2) is 50.4 Å². The monoisotopic (exact) mass is 489 g/mol. The summed E-state index contributed by atoms with van der Waals surface area (Å²) in [5.74, 6) is -0.901. The maximum Gasteiger partial charge on any atom is 0.341 e. The highest BCUT2D eigenvalue weighted by molar-refractivity contribution is 6.30. The van der Waals surface area contributed by atoms with Crippen molar-refractivity contribution in [3.8, 4) is 5.75 Å². The van der Waals surface area contributed by atoms with E-state index in [0.717, 1.165) is 0 Å². The summed E-state index contributed by atoms with van der Waals surface area (Å²) >= 11 is 5.83. The molecule has 2 aliphatic rings. The Bertz CT molecular complexity index is 1110. The normalized spacial score (nSPS) is 20.3. The molecule has 2 N–H and O–H groups in total. The highest BCUT2D eigenvalue weighted by Gasteiger charge is 2.28. The molecule has 4 rings (SSSR count). The first kappa shape index (κ1) is 24.1. The van der Waals surface area contributed by atoms with E-state index in [1.807, 2.05) is 6.92 Å². The van der Waals surface area contributed by atoms with Gasteiger partial charge in [-0.05, 0) is 42.8 Å². The van der Waals surface area contributed by atoms with Crippen LogP contribution in [0.2, 0.25) is 5.02 Å². The lowest BCUT2D eigenvalue weighted by atomic mass is 9.95. The maximum absolute atomic E-state index is 14.1. The molecule has 0 radical (unpaired) electrons. The highest BCUT2D eigenvalue weighted by atomic mass is 35.5. The Morgan fingerprint density at radius 3 is 2.91 bits per heavy atom. The Morgan fingerprint density at radius 2 is 2.18 bits per heavy atom. The van der Waals surface area contributed by atoms with Crippen LogP contribution in [0.15, 0.2) is 41.6 Å². The molecule has 1 saturated heterocycles. The lowest BCUT2D eigenvalue weighted by Crippen LogP contribution is -2.36. The highest BCUT2D eigenvalue weighted by Crippen LogP contribution is 2.30. The van der Waals surface area contributed by atoms with Gasteiger partial charge in [-0.1, -0.05) is 22.8 Å². The topological polar surface area (TPSA) is 98.2 Å². The lowest BCUT2D eigenvalue weighted by molar-refractivity contribution is -0.140. The van der Waals surface area contributed by atoms with Crippen LogP contribution in [0.4, 0.5) is 4.39 Å². The molecule has 0 saturated carbocycles. The first-order chi connectivity index (χ1) is 16.5. The van der Waals surface area contributed by atoms with Crippen LogP contribution in [0, 0.1) is 11.7 Å². The van der Waals surface area contributed by atoms with Gasteiger partial charge in [0.2, 0.25) is 0 Å². The molecule has 0 spiro atoms. The van der Waals surface area contributed by atoms with Crippen LogP contribution in [0.25, 0.3) is 0 Å². The predicted molar refractivity (Wildman–Crippen MR) is 124 cm³/mol. The van der Waals surface area contributed by atoms with Crippen molar-refractivity contribution >= 4 is 29.2 Å². The molecule has 1 fully saturated rings. The number of amides is 1. The Labute approximate surface area is 201 Å². The third-order valence-electron chi connectivity index (χ3n) is 5.63. The number of halogens is 2. The predicted octanol–water partition coefficient (Wildman–Crippen LogP) is 3.24. The van der Waals surface area contributed by atoms with Crippen LogP contribution in [0.3, 0.4) is 0 Å². The lowest BCUT2D eigenvalue weighted by Gasteiger charge is -2.25. The number of oxime groups is 1. The smallest absolute Gasteiger partial charge is 0.341 e. The second-order valence-electron chi connectivity index (χ2n) is 7.96. The van der Waals surface area contributed by atoms with Crippen LogP contribution in [0.5, 0.6) is 5.75 Å². The number of nitrogens with zero attached hydrogens (tertiary/aromatic N) is 1. The van der Waals surface area contributed by atoms with E-state index in [1.165, 1.54) is 12.1 Å². The summed E-state index contributed by atoms with van der Waals surface area (Å²) in [5.41, 5.74) is 2.00. The average molecular weight is 490 g/mol. The summed E-state index contributed by atoms with van der Waals surface area (Å²) in [7, 11) is 0. The van der Waals surface area contributed by atoms with Crippen LogP contribution in [-0.2, 0) is 14.4 Å². The first-order valence-corrected chi connectivity index (χ1v) is 11.4. The number of carbonyl (C=O) groups is 2. The summed E-state index contributed by atoms with van der Waals surface area (Å²) in [6.07, 6.45) is -0.399. The van der Waals surface area contributed by atoms with Crippen molar-refractivity contribution in [3.05, 3.63) is 63.9 Å². The van der Waals surface area contributed by atoms with Crippen molar-refractivity contribution in [2.45, 2.75) is 19.4 Å². The van der Waals surface area contributed by atoms with Gasteiger partial charge in [0.25, 0.3) is 5.91 Å². The van der Waals surface area contributed by atoms with Gasteiger partial charge in [-0.3, -0.25) is 4.79 Å². The largest absolute Gasteiger partial charge is 0.493 e. The molecular weight excluding hydrogens is 465 g/mol. The Hall–Kier alpha value is -3.01. The van der Waals surface area contributed by atoms with Crippen molar-refractivity contribution in [2.75, 3.05) is 32.8 Å². The molecule has 10 heteroatoms. The van der Waals surface area contributed by atoms with Gasteiger partial charge in [-0.25, -0.2) is 9.18 Å². The van der Waals surface area contributed by atoms with E-state index in [2.05, 4.69) is 15.8 Å². The maximum atomic E-state index is 14.1. The minimum Gasteiger partial charge on any atom is -0.493 e. The molecule has 2 atom stereocenters. The summed E-state index contributed by atoms with van der Waals surface area (Å²) in [6.45, 7) is 4.26. The van der Waals surface area contributed by atoms with Gasteiger partial charge >= 0.3 is 5.97 Å². The summed E-state index contributed by atoms with van der Waals surface area (Å²) in [4.78, 5) is 29.2. The van der Waals surface area contributed by atoms with Crippen molar-refractivity contribution < 1.29 is 28.3 Å². The Morgan fingerprint density at radius 1 is 1.32 bits per heavy atom. The molecule has 34 heavy (non-hydrogen) atoms. The minimum absolute atomic E-state index is 0.00948. The Balaban J connectivity index is 1.50. The van der Waals surface area contributed by atoms with Crippen molar-refractivity contribution in [3.63, 3.8) is 0 Å². The molecule has 0 unspecified atom stereocenters. The van der Waals surface area contributed by atoms with Crippen LogP contribution >= 0.6 is 11.6 Å². The number of hydrogen-bond donors (Lipinski definition) is 2. The molecule has 0 aromatic heterocycles. The van der Waals surface area contributed by atoms with E-state index in [4.69, 9.17) is 25.9 Å². The van der Waals surface area contributed by atoms with Gasteiger partial charge in [-0.15, -0.1) is 0 Å². The molecule has 2 heterocycles. The fourth-order valence-electron chi connectivity index (χ4n) is 3.98. The summed E-state index contributed by atoms with van der Waals surface area (Å²) in [5, 5.41) is 10.1. The van der Waals surface area contributed by atoms with Crippen LogP contribution in [0.1, 0.15) is 40.9 Å². The zero-order valence-electron chi connectivity index (χ0n) is 18.6. The number of benzene rings is 2. The van der Waals surface area contributed by atoms with Crippen molar-refractivity contribution in [1.82, 2.24) is 10.6 Å². The van der Waals surface area contributed by atoms with E-state index < -0.39 is 17.9 Å². The van der Waals surface area contributed by atoms with Crippen molar-refractivity contribution in [2.24, 2.45) is 11.1 Å². The zero-order valence-corrected chi connectivity index (χ0v) is 19.4. The summed E-state index contributed by atoms with van der Waals surface area (Å²) in [6, 6.07) is 9.57. The molecule has 8 nitrogen and oxygen atoms in total. The first-order valence-electron chi connectivity index (χ1n) is 11.1.